The highest BCUT2D eigenvalue weighted by atomic mass is 79.9. The zero-order valence-electron chi connectivity index (χ0n) is 10.3. The number of aliphatic hydroxyl groups is 1. The Morgan fingerprint density at radius 2 is 1.88 bits per heavy atom. The van der Waals surface area contributed by atoms with Gasteiger partial charge in [0.25, 0.3) is 0 Å². The van der Waals surface area contributed by atoms with Crippen LogP contribution in [0.1, 0.15) is 39.2 Å². The van der Waals surface area contributed by atoms with Gasteiger partial charge in [-0.05, 0) is 36.3 Å². The van der Waals surface area contributed by atoms with Crippen molar-refractivity contribution >= 4 is 15.9 Å². The summed E-state index contributed by atoms with van der Waals surface area (Å²) in [7, 11) is 0. The third-order valence-corrected chi connectivity index (χ3v) is 3.41. The van der Waals surface area contributed by atoms with Crippen LogP contribution in [0.5, 0.6) is 0 Å². The first kappa shape index (κ1) is 13.7. The first-order valence-corrected chi connectivity index (χ1v) is 6.59. The first-order valence-electron chi connectivity index (χ1n) is 5.80. The van der Waals surface area contributed by atoms with Crippen molar-refractivity contribution in [3.63, 3.8) is 0 Å². The Morgan fingerprint density at radius 1 is 1.25 bits per heavy atom. The zero-order chi connectivity index (χ0) is 12.2. The van der Waals surface area contributed by atoms with E-state index in [1.165, 1.54) is 5.56 Å². The average Bonchev–Trinajstić information content (AvgIpc) is 2.18. The Morgan fingerprint density at radius 3 is 2.44 bits per heavy atom. The minimum atomic E-state index is -0.238. The van der Waals surface area contributed by atoms with Crippen molar-refractivity contribution in [1.29, 1.82) is 0 Å². The highest BCUT2D eigenvalue weighted by Gasteiger charge is 2.14. The van der Waals surface area contributed by atoms with E-state index >= 15 is 0 Å². The summed E-state index contributed by atoms with van der Waals surface area (Å²) >= 11 is 3.50. The van der Waals surface area contributed by atoms with Gasteiger partial charge in [0.1, 0.15) is 0 Å². The lowest BCUT2D eigenvalue weighted by Gasteiger charge is -2.20. The summed E-state index contributed by atoms with van der Waals surface area (Å²) in [6, 6.07) is 8.09. The standard InChI is InChI=1S/C14H21BrO/c1-14(2,3)9-8-12(16)10-11-6-4-5-7-13(11)15/h4-7,12,16H,8-10H2,1-3H3. The molecule has 0 aliphatic heterocycles. The molecular formula is C14H21BrO. The molecule has 1 aromatic rings. The Kier molecular flexibility index (Phi) is 5.00. The summed E-state index contributed by atoms with van der Waals surface area (Å²) in [5.74, 6) is 0. The van der Waals surface area contributed by atoms with Gasteiger partial charge in [0.15, 0.2) is 0 Å². The van der Waals surface area contributed by atoms with Crippen molar-refractivity contribution in [2.75, 3.05) is 0 Å². The van der Waals surface area contributed by atoms with E-state index in [-0.39, 0.29) is 6.10 Å². The molecule has 0 bridgehead atoms. The topological polar surface area (TPSA) is 20.2 Å². The molecular weight excluding hydrogens is 264 g/mol. The fourth-order valence-corrected chi connectivity index (χ4v) is 2.07. The van der Waals surface area contributed by atoms with Crippen LogP contribution in [0.2, 0.25) is 0 Å². The Bertz CT molecular complexity index is 328. The van der Waals surface area contributed by atoms with E-state index in [9.17, 15) is 5.11 Å². The van der Waals surface area contributed by atoms with Gasteiger partial charge in [-0.15, -0.1) is 0 Å². The lowest BCUT2D eigenvalue weighted by molar-refractivity contribution is 0.145. The summed E-state index contributed by atoms with van der Waals surface area (Å²) in [5, 5.41) is 9.97. The van der Waals surface area contributed by atoms with Gasteiger partial charge in [0, 0.05) is 4.47 Å². The molecule has 0 aliphatic carbocycles. The summed E-state index contributed by atoms with van der Waals surface area (Å²) in [4.78, 5) is 0. The van der Waals surface area contributed by atoms with E-state index in [0.717, 1.165) is 23.7 Å². The summed E-state index contributed by atoms with van der Waals surface area (Å²) in [5.41, 5.74) is 1.48. The lowest BCUT2D eigenvalue weighted by atomic mass is 9.88. The van der Waals surface area contributed by atoms with Gasteiger partial charge >= 0.3 is 0 Å². The van der Waals surface area contributed by atoms with Gasteiger partial charge < -0.3 is 5.11 Å². The van der Waals surface area contributed by atoms with Crippen molar-refractivity contribution in [3.8, 4) is 0 Å². The number of rotatable bonds is 4. The van der Waals surface area contributed by atoms with E-state index < -0.39 is 0 Å². The molecule has 1 unspecified atom stereocenters. The molecule has 0 saturated heterocycles. The molecule has 1 rings (SSSR count). The first-order chi connectivity index (χ1) is 7.38. The number of hydrogen-bond acceptors (Lipinski definition) is 1. The molecule has 90 valence electrons. The van der Waals surface area contributed by atoms with Crippen molar-refractivity contribution in [1.82, 2.24) is 0 Å². The Balaban J connectivity index is 2.46. The summed E-state index contributed by atoms with van der Waals surface area (Å²) in [6.07, 6.45) is 2.42. The monoisotopic (exact) mass is 284 g/mol. The molecule has 16 heavy (non-hydrogen) atoms. The van der Waals surface area contributed by atoms with Crippen LogP contribution in [0.15, 0.2) is 28.7 Å². The maximum absolute atomic E-state index is 9.97. The minimum Gasteiger partial charge on any atom is -0.393 e. The SMILES string of the molecule is CC(C)(C)CCC(O)Cc1ccccc1Br. The lowest BCUT2D eigenvalue weighted by Crippen LogP contribution is -2.15. The van der Waals surface area contributed by atoms with Crippen molar-refractivity contribution in [2.45, 2.75) is 46.1 Å². The van der Waals surface area contributed by atoms with Gasteiger partial charge in [-0.25, -0.2) is 0 Å². The molecule has 1 nitrogen and oxygen atoms in total. The number of benzene rings is 1. The van der Waals surface area contributed by atoms with Crippen LogP contribution < -0.4 is 0 Å². The third kappa shape index (κ3) is 5.13. The van der Waals surface area contributed by atoms with Crippen molar-refractivity contribution < 1.29 is 5.11 Å². The van der Waals surface area contributed by atoms with E-state index in [4.69, 9.17) is 0 Å². The highest BCUT2D eigenvalue weighted by Crippen LogP contribution is 2.24. The second kappa shape index (κ2) is 5.83. The van der Waals surface area contributed by atoms with E-state index in [1.807, 2.05) is 18.2 Å². The minimum absolute atomic E-state index is 0.238. The molecule has 0 saturated carbocycles. The van der Waals surface area contributed by atoms with Crippen molar-refractivity contribution in [2.24, 2.45) is 5.41 Å². The predicted octanol–water partition coefficient (Wildman–Crippen LogP) is 4.18. The predicted molar refractivity (Wildman–Crippen MR) is 72.5 cm³/mol. The van der Waals surface area contributed by atoms with Crippen LogP contribution in [0.4, 0.5) is 0 Å². The zero-order valence-corrected chi connectivity index (χ0v) is 11.9. The van der Waals surface area contributed by atoms with Crippen LogP contribution in [-0.4, -0.2) is 11.2 Å². The Labute approximate surface area is 107 Å². The molecule has 0 fully saturated rings. The second-order valence-electron chi connectivity index (χ2n) is 5.55. The second-order valence-corrected chi connectivity index (χ2v) is 6.40. The molecule has 1 N–H and O–H groups in total. The molecule has 1 aromatic carbocycles. The smallest absolute Gasteiger partial charge is 0.0581 e. The largest absolute Gasteiger partial charge is 0.393 e. The number of aliphatic hydroxyl groups excluding tert-OH is 1. The molecule has 0 spiro atoms. The quantitative estimate of drug-likeness (QED) is 0.880. The van der Waals surface area contributed by atoms with Crippen LogP contribution >= 0.6 is 15.9 Å². The van der Waals surface area contributed by atoms with Crippen molar-refractivity contribution in [3.05, 3.63) is 34.3 Å². The van der Waals surface area contributed by atoms with E-state index in [1.54, 1.807) is 0 Å². The van der Waals surface area contributed by atoms with Crippen LogP contribution in [0.25, 0.3) is 0 Å². The summed E-state index contributed by atoms with van der Waals surface area (Å²) in [6.45, 7) is 6.62. The molecule has 2 heteroatoms. The van der Waals surface area contributed by atoms with Crippen LogP contribution in [-0.2, 0) is 6.42 Å². The van der Waals surface area contributed by atoms with Crippen LogP contribution in [0.3, 0.4) is 0 Å². The maximum Gasteiger partial charge on any atom is 0.0581 e. The average molecular weight is 285 g/mol. The molecule has 1 atom stereocenters. The highest BCUT2D eigenvalue weighted by molar-refractivity contribution is 9.10. The summed E-state index contributed by atoms with van der Waals surface area (Å²) < 4.78 is 1.09. The number of hydrogen-bond donors (Lipinski definition) is 1. The molecule has 0 heterocycles. The Hall–Kier alpha value is -0.340. The third-order valence-electron chi connectivity index (χ3n) is 2.64. The molecule has 0 radical (unpaired) electrons. The molecule has 0 aliphatic rings. The van der Waals surface area contributed by atoms with Gasteiger partial charge in [0.2, 0.25) is 0 Å². The van der Waals surface area contributed by atoms with E-state index in [2.05, 4.69) is 42.8 Å². The number of halogens is 1. The van der Waals surface area contributed by atoms with Gasteiger partial charge in [-0.2, -0.15) is 0 Å². The van der Waals surface area contributed by atoms with Crippen LogP contribution in [0, 0.1) is 5.41 Å². The van der Waals surface area contributed by atoms with Gasteiger partial charge in [0.05, 0.1) is 6.10 Å². The fraction of sp³-hybridized carbons (Fsp3) is 0.571. The van der Waals surface area contributed by atoms with Gasteiger partial charge in [-0.3, -0.25) is 0 Å². The van der Waals surface area contributed by atoms with Gasteiger partial charge in [-0.1, -0.05) is 54.9 Å². The maximum atomic E-state index is 9.97. The fourth-order valence-electron chi connectivity index (χ4n) is 1.62. The molecule has 0 aromatic heterocycles. The normalized spacial score (nSPS) is 13.8. The molecule has 0 amide bonds. The van der Waals surface area contributed by atoms with E-state index in [0.29, 0.717) is 5.41 Å².